The Hall–Kier alpha value is -0.760. The molecule has 0 bridgehead atoms. The van der Waals surface area contributed by atoms with E-state index < -0.39 is 5.60 Å². The van der Waals surface area contributed by atoms with Crippen LogP contribution in [0.3, 0.4) is 0 Å². The molecule has 1 amide bonds. The first-order valence-corrected chi connectivity index (χ1v) is 7.77. The van der Waals surface area contributed by atoms with E-state index >= 15 is 0 Å². The molecule has 2 rings (SSSR count). The highest BCUT2D eigenvalue weighted by Gasteiger charge is 2.40. The third-order valence-corrected chi connectivity index (χ3v) is 4.35. The van der Waals surface area contributed by atoms with Crippen LogP contribution in [0.15, 0.2) is 0 Å². The summed E-state index contributed by atoms with van der Waals surface area (Å²) in [6, 6.07) is 0. The Bertz CT molecular complexity index is 461. The molecule has 1 saturated heterocycles. The smallest absolute Gasteiger partial charge is 0.258 e. The number of amides is 1. The number of rotatable bonds is 5. The number of methoxy groups -OCH3 is 1. The molecule has 6 nitrogen and oxygen atoms in total. The standard InChI is InChI=1S/C13H22N4O2S.ClH/c1-9(2)8-10-16-17-12(20-10)15-11(18)13(19-3)4-6-14-7-5-13;/h9,14H,4-8H2,1-3H3,(H,15,17,18);1H. The van der Waals surface area contributed by atoms with Crippen molar-refractivity contribution in [2.24, 2.45) is 5.92 Å². The van der Waals surface area contributed by atoms with Gasteiger partial charge in [0, 0.05) is 13.5 Å². The minimum Gasteiger partial charge on any atom is -0.368 e. The SMILES string of the molecule is COC1(C(=O)Nc2nnc(CC(C)C)s2)CCNCC1.Cl. The Morgan fingerprint density at radius 2 is 2.10 bits per heavy atom. The molecule has 0 unspecified atom stereocenters. The summed E-state index contributed by atoms with van der Waals surface area (Å²) in [5.74, 6) is 0.412. The number of halogens is 1. The van der Waals surface area contributed by atoms with Crippen LogP contribution in [0.25, 0.3) is 0 Å². The largest absolute Gasteiger partial charge is 0.368 e. The molecule has 2 N–H and O–H groups in total. The molecule has 2 heterocycles. The van der Waals surface area contributed by atoms with Gasteiger partial charge in [0.1, 0.15) is 10.6 Å². The van der Waals surface area contributed by atoms with Gasteiger partial charge in [0.2, 0.25) is 5.13 Å². The summed E-state index contributed by atoms with van der Waals surface area (Å²) >= 11 is 1.44. The highest BCUT2D eigenvalue weighted by atomic mass is 35.5. The first-order chi connectivity index (χ1) is 9.55. The van der Waals surface area contributed by atoms with Gasteiger partial charge in [0.15, 0.2) is 0 Å². The Balaban J connectivity index is 0.00000220. The molecular formula is C13H23ClN4O2S. The summed E-state index contributed by atoms with van der Waals surface area (Å²) in [5.41, 5.74) is -0.741. The molecule has 1 aromatic heterocycles. The Kier molecular flexibility index (Phi) is 6.99. The summed E-state index contributed by atoms with van der Waals surface area (Å²) in [6.45, 7) is 5.84. The van der Waals surface area contributed by atoms with E-state index in [1.165, 1.54) is 11.3 Å². The van der Waals surface area contributed by atoms with Crippen molar-refractivity contribution in [2.45, 2.75) is 38.7 Å². The van der Waals surface area contributed by atoms with Gasteiger partial charge in [-0.05, 0) is 31.8 Å². The average Bonchev–Trinajstić information content (AvgIpc) is 2.85. The van der Waals surface area contributed by atoms with Crippen LogP contribution < -0.4 is 10.6 Å². The number of nitrogens with one attached hydrogen (secondary N) is 2. The lowest BCUT2D eigenvalue weighted by Crippen LogP contribution is -2.51. The lowest BCUT2D eigenvalue weighted by Gasteiger charge is -2.34. The molecular weight excluding hydrogens is 312 g/mol. The predicted octanol–water partition coefficient (Wildman–Crippen LogP) is 1.87. The van der Waals surface area contributed by atoms with Crippen molar-refractivity contribution in [1.29, 1.82) is 0 Å². The van der Waals surface area contributed by atoms with Crippen LogP contribution in [-0.2, 0) is 16.0 Å². The predicted molar refractivity (Wildman–Crippen MR) is 86.2 cm³/mol. The summed E-state index contributed by atoms with van der Waals surface area (Å²) in [5, 5.41) is 15.7. The fourth-order valence-corrected chi connectivity index (χ4v) is 3.25. The second-order valence-corrected chi connectivity index (χ2v) is 6.56. The van der Waals surface area contributed by atoms with Gasteiger partial charge in [0.05, 0.1) is 0 Å². The van der Waals surface area contributed by atoms with Gasteiger partial charge >= 0.3 is 0 Å². The van der Waals surface area contributed by atoms with Gasteiger partial charge in [-0.3, -0.25) is 10.1 Å². The van der Waals surface area contributed by atoms with Crippen LogP contribution in [0.1, 0.15) is 31.7 Å². The van der Waals surface area contributed by atoms with Crippen molar-refractivity contribution in [2.75, 3.05) is 25.5 Å². The third kappa shape index (κ3) is 4.60. The van der Waals surface area contributed by atoms with Crippen molar-refractivity contribution in [3.05, 3.63) is 5.01 Å². The van der Waals surface area contributed by atoms with Crippen molar-refractivity contribution in [3.63, 3.8) is 0 Å². The molecule has 21 heavy (non-hydrogen) atoms. The van der Waals surface area contributed by atoms with Crippen molar-refractivity contribution >= 4 is 34.8 Å². The number of aromatic nitrogens is 2. The highest BCUT2D eigenvalue weighted by Crippen LogP contribution is 2.26. The molecule has 0 spiro atoms. The molecule has 0 radical (unpaired) electrons. The van der Waals surface area contributed by atoms with E-state index in [9.17, 15) is 4.79 Å². The number of piperidine rings is 1. The van der Waals surface area contributed by atoms with Gasteiger partial charge in [-0.25, -0.2) is 0 Å². The minimum atomic E-state index is -0.741. The quantitative estimate of drug-likeness (QED) is 0.859. The van der Waals surface area contributed by atoms with Gasteiger partial charge in [-0.2, -0.15) is 0 Å². The maximum absolute atomic E-state index is 12.4. The monoisotopic (exact) mass is 334 g/mol. The van der Waals surface area contributed by atoms with Crippen molar-refractivity contribution < 1.29 is 9.53 Å². The maximum atomic E-state index is 12.4. The zero-order valence-electron chi connectivity index (χ0n) is 12.6. The zero-order chi connectivity index (χ0) is 14.6. The van der Waals surface area contributed by atoms with E-state index in [1.807, 2.05) is 0 Å². The first kappa shape index (κ1) is 18.3. The topological polar surface area (TPSA) is 76.1 Å². The zero-order valence-corrected chi connectivity index (χ0v) is 14.3. The Morgan fingerprint density at radius 3 is 2.67 bits per heavy atom. The van der Waals surface area contributed by atoms with E-state index in [0.717, 1.165) is 24.5 Å². The molecule has 1 aliphatic heterocycles. The van der Waals surface area contributed by atoms with Crippen LogP contribution in [0.2, 0.25) is 0 Å². The summed E-state index contributed by atoms with van der Waals surface area (Å²) in [4.78, 5) is 12.4. The number of ether oxygens (including phenoxy) is 1. The van der Waals surface area contributed by atoms with Crippen LogP contribution in [0, 0.1) is 5.92 Å². The molecule has 1 fully saturated rings. The van der Waals surface area contributed by atoms with E-state index in [1.54, 1.807) is 7.11 Å². The van der Waals surface area contributed by atoms with Crippen LogP contribution >= 0.6 is 23.7 Å². The minimum absolute atomic E-state index is 0. The number of hydrogen-bond acceptors (Lipinski definition) is 6. The number of anilines is 1. The van der Waals surface area contributed by atoms with Crippen LogP contribution in [0.5, 0.6) is 0 Å². The van der Waals surface area contributed by atoms with Gasteiger partial charge in [-0.15, -0.1) is 22.6 Å². The first-order valence-electron chi connectivity index (χ1n) is 6.95. The van der Waals surface area contributed by atoms with E-state index in [-0.39, 0.29) is 18.3 Å². The lowest BCUT2D eigenvalue weighted by atomic mass is 9.91. The molecule has 0 saturated carbocycles. The second-order valence-electron chi connectivity index (χ2n) is 5.50. The van der Waals surface area contributed by atoms with Gasteiger partial charge in [0.25, 0.3) is 5.91 Å². The van der Waals surface area contributed by atoms with E-state index in [2.05, 4.69) is 34.7 Å². The fourth-order valence-electron chi connectivity index (χ4n) is 2.30. The molecule has 8 heteroatoms. The third-order valence-electron chi connectivity index (χ3n) is 3.49. The molecule has 1 aromatic rings. The molecule has 0 aliphatic carbocycles. The summed E-state index contributed by atoms with van der Waals surface area (Å²) in [7, 11) is 1.59. The summed E-state index contributed by atoms with van der Waals surface area (Å²) in [6.07, 6.45) is 2.23. The van der Waals surface area contributed by atoms with E-state index in [0.29, 0.717) is 23.9 Å². The molecule has 1 aliphatic rings. The maximum Gasteiger partial charge on any atom is 0.258 e. The number of hydrogen-bond donors (Lipinski definition) is 2. The fraction of sp³-hybridized carbons (Fsp3) is 0.769. The highest BCUT2D eigenvalue weighted by molar-refractivity contribution is 7.15. The van der Waals surface area contributed by atoms with Crippen molar-refractivity contribution in [1.82, 2.24) is 15.5 Å². The number of nitrogens with zero attached hydrogens (tertiary/aromatic N) is 2. The van der Waals surface area contributed by atoms with Gasteiger partial charge in [-0.1, -0.05) is 25.2 Å². The van der Waals surface area contributed by atoms with Crippen LogP contribution in [0.4, 0.5) is 5.13 Å². The molecule has 0 aromatic carbocycles. The van der Waals surface area contributed by atoms with Gasteiger partial charge < -0.3 is 10.1 Å². The second kappa shape index (κ2) is 8.03. The van der Waals surface area contributed by atoms with Crippen LogP contribution in [-0.4, -0.2) is 41.9 Å². The number of carbonyl (C=O) groups excluding carboxylic acids is 1. The average molecular weight is 335 g/mol. The van der Waals surface area contributed by atoms with E-state index in [4.69, 9.17) is 4.74 Å². The Labute approximate surface area is 135 Å². The van der Waals surface area contributed by atoms with Crippen molar-refractivity contribution in [3.8, 4) is 0 Å². The lowest BCUT2D eigenvalue weighted by molar-refractivity contribution is -0.140. The number of carbonyl (C=O) groups is 1. The summed E-state index contributed by atoms with van der Waals surface area (Å²) < 4.78 is 5.49. The molecule has 0 atom stereocenters. The molecule has 120 valence electrons. The Morgan fingerprint density at radius 1 is 1.43 bits per heavy atom. The normalized spacial score (nSPS) is 17.3.